The van der Waals surface area contributed by atoms with Crippen LogP contribution in [-0.2, 0) is 0 Å². The summed E-state index contributed by atoms with van der Waals surface area (Å²) in [6, 6.07) is 18.3. The Labute approximate surface area is 200 Å². The van der Waals surface area contributed by atoms with Crippen molar-refractivity contribution < 1.29 is 9.18 Å². The second-order valence-corrected chi connectivity index (χ2v) is 8.95. The van der Waals surface area contributed by atoms with Crippen LogP contribution in [0.15, 0.2) is 66.9 Å². The van der Waals surface area contributed by atoms with Crippen molar-refractivity contribution in [1.82, 2.24) is 15.0 Å². The van der Waals surface area contributed by atoms with Crippen LogP contribution in [0.4, 0.5) is 21.8 Å². The van der Waals surface area contributed by atoms with Crippen molar-refractivity contribution in [1.29, 1.82) is 0 Å². The fraction of sp³-hybridized carbons (Fsp3) is 0.200. The maximum Gasteiger partial charge on any atom is 0.270 e. The first-order valence-electron chi connectivity index (χ1n) is 11.0. The molecule has 0 bridgehead atoms. The third kappa shape index (κ3) is 4.74. The summed E-state index contributed by atoms with van der Waals surface area (Å²) >= 11 is 1.35. The highest BCUT2D eigenvalue weighted by molar-refractivity contribution is 7.17. The van der Waals surface area contributed by atoms with Crippen molar-refractivity contribution >= 4 is 34.7 Å². The molecule has 2 aromatic heterocycles. The van der Waals surface area contributed by atoms with Crippen LogP contribution < -0.4 is 15.1 Å². The zero-order valence-corrected chi connectivity index (χ0v) is 19.4. The van der Waals surface area contributed by atoms with E-state index in [9.17, 15) is 9.18 Å². The van der Waals surface area contributed by atoms with Gasteiger partial charge in [0.05, 0.1) is 5.69 Å². The highest BCUT2D eigenvalue weighted by atomic mass is 32.1. The number of thiazole rings is 1. The second kappa shape index (κ2) is 9.56. The van der Waals surface area contributed by atoms with Gasteiger partial charge in [0, 0.05) is 43.6 Å². The number of benzene rings is 2. The van der Waals surface area contributed by atoms with E-state index in [2.05, 4.69) is 30.1 Å². The standard InChI is InChI=1S/C25H23FN6OS/c1-17-22(34-24(28-17)18-6-3-2-4-7-18)23(33)30-25-27-11-10-21(29-25)32-14-12-31(13-15-32)20-9-5-8-19(26)16-20/h2-11,16H,12-15H2,1H3,(H,27,29,30,33). The summed E-state index contributed by atoms with van der Waals surface area (Å²) in [4.78, 5) is 31.1. The summed E-state index contributed by atoms with van der Waals surface area (Å²) < 4.78 is 13.6. The Morgan fingerprint density at radius 3 is 2.50 bits per heavy atom. The second-order valence-electron chi connectivity index (χ2n) is 7.95. The van der Waals surface area contributed by atoms with Crippen molar-refractivity contribution in [2.75, 3.05) is 41.3 Å². The molecule has 1 amide bonds. The fourth-order valence-electron chi connectivity index (χ4n) is 3.92. The summed E-state index contributed by atoms with van der Waals surface area (Å²) in [6.07, 6.45) is 1.64. The van der Waals surface area contributed by atoms with E-state index in [1.165, 1.54) is 17.4 Å². The Kier molecular flexibility index (Phi) is 6.18. The Hall–Kier alpha value is -3.85. The molecular formula is C25H23FN6OS. The van der Waals surface area contributed by atoms with Gasteiger partial charge in [-0.1, -0.05) is 36.4 Å². The molecule has 4 aromatic rings. The number of carbonyl (C=O) groups excluding carboxylic acids is 1. The first-order chi connectivity index (χ1) is 16.6. The lowest BCUT2D eigenvalue weighted by atomic mass is 10.2. The number of amides is 1. The number of nitrogens with zero attached hydrogens (tertiary/aromatic N) is 5. The molecule has 1 aliphatic heterocycles. The summed E-state index contributed by atoms with van der Waals surface area (Å²) in [5.74, 6) is 0.493. The van der Waals surface area contributed by atoms with E-state index in [1.54, 1.807) is 18.3 Å². The van der Waals surface area contributed by atoms with Gasteiger partial charge in [0.1, 0.15) is 21.5 Å². The van der Waals surface area contributed by atoms with E-state index < -0.39 is 0 Å². The lowest BCUT2D eigenvalue weighted by Gasteiger charge is -2.36. The molecular weight excluding hydrogens is 451 g/mol. The van der Waals surface area contributed by atoms with Gasteiger partial charge in [0.15, 0.2) is 0 Å². The minimum Gasteiger partial charge on any atom is -0.368 e. The predicted molar refractivity (Wildman–Crippen MR) is 133 cm³/mol. The molecule has 3 heterocycles. The first kappa shape index (κ1) is 22.0. The fourth-order valence-corrected chi connectivity index (χ4v) is 4.89. The molecule has 9 heteroatoms. The van der Waals surface area contributed by atoms with E-state index in [4.69, 9.17) is 0 Å². The summed E-state index contributed by atoms with van der Waals surface area (Å²) in [7, 11) is 0. The Morgan fingerprint density at radius 2 is 1.74 bits per heavy atom. The number of hydrogen-bond donors (Lipinski definition) is 1. The van der Waals surface area contributed by atoms with Crippen LogP contribution in [0.3, 0.4) is 0 Å². The van der Waals surface area contributed by atoms with Gasteiger partial charge in [0.25, 0.3) is 5.91 Å². The van der Waals surface area contributed by atoms with Gasteiger partial charge in [-0.3, -0.25) is 10.1 Å². The monoisotopic (exact) mass is 474 g/mol. The van der Waals surface area contributed by atoms with Gasteiger partial charge in [0.2, 0.25) is 5.95 Å². The number of halogens is 1. The van der Waals surface area contributed by atoms with Crippen LogP contribution in [-0.4, -0.2) is 47.0 Å². The van der Waals surface area contributed by atoms with Crippen molar-refractivity contribution in [2.24, 2.45) is 0 Å². The van der Waals surface area contributed by atoms with Crippen LogP contribution >= 0.6 is 11.3 Å². The Bertz CT molecular complexity index is 1300. The number of rotatable bonds is 5. The molecule has 7 nitrogen and oxygen atoms in total. The van der Waals surface area contributed by atoms with Crippen LogP contribution in [0.5, 0.6) is 0 Å². The number of hydrogen-bond acceptors (Lipinski definition) is 7. The molecule has 34 heavy (non-hydrogen) atoms. The third-order valence-corrected chi connectivity index (χ3v) is 6.87. The number of aryl methyl sites for hydroxylation is 1. The average Bonchev–Trinajstić information content (AvgIpc) is 3.27. The lowest BCUT2D eigenvalue weighted by molar-refractivity contribution is 0.102. The minimum atomic E-state index is -0.273. The zero-order valence-electron chi connectivity index (χ0n) is 18.6. The van der Waals surface area contributed by atoms with Crippen molar-refractivity contribution in [3.8, 4) is 10.6 Å². The van der Waals surface area contributed by atoms with Crippen LogP contribution in [0.25, 0.3) is 10.6 Å². The minimum absolute atomic E-state index is 0.233. The van der Waals surface area contributed by atoms with E-state index in [0.29, 0.717) is 10.6 Å². The Morgan fingerprint density at radius 1 is 0.971 bits per heavy atom. The molecule has 1 aliphatic rings. The normalized spacial score (nSPS) is 13.7. The quantitative estimate of drug-likeness (QED) is 0.455. The predicted octanol–water partition coefficient (Wildman–Crippen LogP) is 4.63. The van der Waals surface area contributed by atoms with Crippen molar-refractivity contribution in [3.63, 3.8) is 0 Å². The number of carbonyl (C=O) groups is 1. The third-order valence-electron chi connectivity index (χ3n) is 5.67. The number of aromatic nitrogens is 3. The largest absolute Gasteiger partial charge is 0.368 e. The smallest absolute Gasteiger partial charge is 0.270 e. The van der Waals surface area contributed by atoms with Crippen molar-refractivity contribution in [3.05, 3.63) is 83.2 Å². The molecule has 0 unspecified atom stereocenters. The molecule has 1 saturated heterocycles. The van der Waals surface area contributed by atoms with E-state index >= 15 is 0 Å². The molecule has 0 radical (unpaired) electrons. The van der Waals surface area contributed by atoms with Gasteiger partial charge in [-0.25, -0.2) is 14.4 Å². The molecule has 172 valence electrons. The van der Waals surface area contributed by atoms with Crippen LogP contribution in [0.1, 0.15) is 15.4 Å². The maximum atomic E-state index is 13.6. The molecule has 1 fully saturated rings. The van der Waals surface area contributed by atoms with Gasteiger partial charge in [-0.2, -0.15) is 4.98 Å². The number of piperazine rings is 1. The summed E-state index contributed by atoms with van der Waals surface area (Å²) in [6.45, 7) is 4.78. The van der Waals surface area contributed by atoms with Gasteiger partial charge in [-0.15, -0.1) is 11.3 Å². The molecule has 5 rings (SSSR count). The highest BCUT2D eigenvalue weighted by Gasteiger charge is 2.21. The molecule has 0 atom stereocenters. The molecule has 2 aromatic carbocycles. The van der Waals surface area contributed by atoms with E-state index in [0.717, 1.165) is 48.3 Å². The molecule has 0 saturated carbocycles. The zero-order chi connectivity index (χ0) is 23.5. The maximum absolute atomic E-state index is 13.6. The van der Waals surface area contributed by atoms with Crippen molar-refractivity contribution in [2.45, 2.75) is 6.92 Å². The van der Waals surface area contributed by atoms with Gasteiger partial charge >= 0.3 is 0 Å². The van der Waals surface area contributed by atoms with Gasteiger partial charge < -0.3 is 9.80 Å². The molecule has 0 spiro atoms. The average molecular weight is 475 g/mol. The number of anilines is 3. The van der Waals surface area contributed by atoms with Gasteiger partial charge in [-0.05, 0) is 31.2 Å². The lowest BCUT2D eigenvalue weighted by Crippen LogP contribution is -2.46. The first-order valence-corrected chi connectivity index (χ1v) is 11.8. The van der Waals surface area contributed by atoms with E-state index in [-0.39, 0.29) is 17.7 Å². The van der Waals surface area contributed by atoms with E-state index in [1.807, 2.05) is 49.4 Å². The number of nitrogens with one attached hydrogen (secondary N) is 1. The molecule has 1 N–H and O–H groups in total. The van der Waals surface area contributed by atoms with Crippen LogP contribution in [0, 0.1) is 12.7 Å². The highest BCUT2D eigenvalue weighted by Crippen LogP contribution is 2.28. The summed E-state index contributed by atoms with van der Waals surface area (Å²) in [5, 5.41) is 3.61. The topological polar surface area (TPSA) is 74.2 Å². The van der Waals surface area contributed by atoms with Crippen LogP contribution in [0.2, 0.25) is 0 Å². The SMILES string of the molecule is Cc1nc(-c2ccccc2)sc1C(=O)Nc1nccc(N2CCN(c3cccc(F)c3)CC2)n1. The molecule has 0 aliphatic carbocycles. The Balaban J connectivity index is 1.25. The summed E-state index contributed by atoms with van der Waals surface area (Å²) in [5.41, 5.74) is 2.53.